The maximum atomic E-state index is 12.6. The van der Waals surface area contributed by atoms with E-state index >= 15 is 0 Å². The molecule has 0 aliphatic heterocycles. The maximum absolute atomic E-state index is 12.6. The Bertz CT molecular complexity index is 488. The maximum Gasteiger partial charge on any atom is 0.385 e. The highest BCUT2D eigenvalue weighted by Gasteiger charge is 2.41. The lowest BCUT2D eigenvalue weighted by Crippen LogP contribution is -2.45. The first-order chi connectivity index (χ1) is 15.3. The second-order valence-electron chi connectivity index (χ2n) is 10.4. The van der Waals surface area contributed by atoms with Crippen LogP contribution >= 0.6 is 7.60 Å². The van der Waals surface area contributed by atoms with E-state index in [4.69, 9.17) is 4.52 Å². The Balaban J connectivity index is 3.56. The molecular formula is C27H57NO3P+. The third kappa shape index (κ3) is 18.3. The zero-order valence-corrected chi connectivity index (χ0v) is 23.2. The first kappa shape index (κ1) is 31.9. The van der Waals surface area contributed by atoms with Gasteiger partial charge < -0.3 is 13.9 Å². The number of hydrogen-bond donors (Lipinski definition) is 1. The molecule has 0 aliphatic carbocycles. The van der Waals surface area contributed by atoms with Crippen molar-refractivity contribution in [3.05, 3.63) is 12.2 Å². The van der Waals surface area contributed by atoms with Crippen LogP contribution in [0.25, 0.3) is 0 Å². The lowest BCUT2D eigenvalue weighted by atomic mass is 10.1. The minimum Gasteiger partial charge on any atom is -0.320 e. The molecule has 2 unspecified atom stereocenters. The fraction of sp³-hybridized carbons (Fsp3) is 0.926. The molecule has 0 saturated carbocycles. The highest BCUT2D eigenvalue weighted by Crippen LogP contribution is 2.51. The minimum atomic E-state index is -3.57. The number of quaternary nitrogens is 1. The lowest BCUT2D eigenvalue weighted by Gasteiger charge is -2.35. The number of unbranched alkanes of at least 4 members (excludes halogenated alkanes) is 14. The van der Waals surface area contributed by atoms with Gasteiger partial charge in [0.2, 0.25) is 0 Å². The van der Waals surface area contributed by atoms with Gasteiger partial charge in [-0.1, -0.05) is 96.6 Å². The fourth-order valence-electron chi connectivity index (χ4n) is 4.23. The topological polar surface area (TPSA) is 46.5 Å². The van der Waals surface area contributed by atoms with Gasteiger partial charge in [-0.3, -0.25) is 4.57 Å². The van der Waals surface area contributed by atoms with Crippen LogP contribution in [0, 0.1) is 0 Å². The molecule has 0 aliphatic rings. The molecule has 0 aromatic rings. The summed E-state index contributed by atoms with van der Waals surface area (Å²) in [5.74, 6) is -0.340. The second kappa shape index (κ2) is 20.2. The van der Waals surface area contributed by atoms with Crippen LogP contribution in [0.2, 0.25) is 0 Å². The van der Waals surface area contributed by atoms with Gasteiger partial charge in [0.05, 0.1) is 27.7 Å². The van der Waals surface area contributed by atoms with Gasteiger partial charge in [-0.2, -0.15) is 0 Å². The van der Waals surface area contributed by atoms with Gasteiger partial charge in [-0.25, -0.2) is 0 Å². The summed E-state index contributed by atoms with van der Waals surface area (Å²) in [5.41, 5.74) is 0. The van der Waals surface area contributed by atoms with Crippen molar-refractivity contribution in [1.82, 2.24) is 0 Å². The molecule has 0 aromatic carbocycles. The summed E-state index contributed by atoms with van der Waals surface area (Å²) in [5, 5.41) is 0. The number of allylic oxidation sites excluding steroid dienone is 2. The predicted octanol–water partition coefficient (Wildman–Crippen LogP) is 8.84. The van der Waals surface area contributed by atoms with Crippen LogP contribution in [-0.4, -0.2) is 42.9 Å². The van der Waals surface area contributed by atoms with E-state index in [2.05, 4.69) is 19.1 Å². The van der Waals surface area contributed by atoms with E-state index < -0.39 is 7.60 Å². The van der Waals surface area contributed by atoms with E-state index in [1.807, 2.05) is 28.1 Å². The number of nitrogens with zero attached hydrogens (tertiary/aromatic N) is 1. The molecule has 0 amide bonds. The molecule has 4 nitrogen and oxygen atoms in total. The van der Waals surface area contributed by atoms with Gasteiger partial charge in [-0.15, -0.1) is 0 Å². The van der Waals surface area contributed by atoms with Crippen LogP contribution in [0.1, 0.15) is 129 Å². The summed E-state index contributed by atoms with van der Waals surface area (Å²) < 4.78 is 18.6. The molecule has 1 N–H and O–H groups in total. The third-order valence-corrected chi connectivity index (χ3v) is 8.51. The Morgan fingerprint density at radius 3 is 1.59 bits per heavy atom. The predicted molar refractivity (Wildman–Crippen MR) is 141 cm³/mol. The first-order valence-electron chi connectivity index (χ1n) is 13.7. The molecule has 0 bridgehead atoms. The number of rotatable bonds is 23. The van der Waals surface area contributed by atoms with E-state index in [9.17, 15) is 9.46 Å². The largest absolute Gasteiger partial charge is 0.385 e. The Hall–Kier alpha value is -0.150. The van der Waals surface area contributed by atoms with Crippen molar-refractivity contribution in [2.75, 3.05) is 27.7 Å². The van der Waals surface area contributed by atoms with Crippen molar-refractivity contribution in [3.63, 3.8) is 0 Å². The molecule has 192 valence electrons. The van der Waals surface area contributed by atoms with Crippen LogP contribution in [0.15, 0.2) is 12.2 Å². The van der Waals surface area contributed by atoms with E-state index in [1.54, 1.807) is 0 Å². The molecule has 0 fully saturated rings. The lowest BCUT2D eigenvalue weighted by molar-refractivity contribution is -0.883. The summed E-state index contributed by atoms with van der Waals surface area (Å²) in [6.45, 7) is 4.72. The van der Waals surface area contributed by atoms with Gasteiger partial charge in [0, 0.05) is 6.42 Å². The highest BCUT2D eigenvalue weighted by atomic mass is 31.2. The van der Waals surface area contributed by atoms with E-state index in [1.165, 1.54) is 77.0 Å². The van der Waals surface area contributed by atoms with Gasteiger partial charge >= 0.3 is 7.60 Å². The van der Waals surface area contributed by atoms with E-state index in [0.717, 1.165) is 32.1 Å². The zero-order chi connectivity index (χ0) is 24.1. The molecule has 0 rings (SSSR count). The van der Waals surface area contributed by atoms with Gasteiger partial charge in [0.15, 0.2) is 5.78 Å². The quantitative estimate of drug-likeness (QED) is 0.0696. The molecule has 2 atom stereocenters. The van der Waals surface area contributed by atoms with Crippen molar-refractivity contribution in [1.29, 1.82) is 0 Å². The average molecular weight is 475 g/mol. The van der Waals surface area contributed by atoms with Gasteiger partial charge in [0.1, 0.15) is 0 Å². The average Bonchev–Trinajstić information content (AvgIpc) is 2.72. The zero-order valence-electron chi connectivity index (χ0n) is 22.3. The minimum absolute atomic E-state index is 0.340. The van der Waals surface area contributed by atoms with Gasteiger partial charge in [-0.05, 0) is 38.5 Å². The Kier molecular flexibility index (Phi) is 20.1. The molecule has 0 heterocycles. The molecule has 32 heavy (non-hydrogen) atoms. The van der Waals surface area contributed by atoms with Crippen molar-refractivity contribution in [3.8, 4) is 0 Å². The van der Waals surface area contributed by atoms with Gasteiger partial charge in [0.25, 0.3) is 0 Å². The normalized spacial score (nSPS) is 15.3. The standard InChI is InChI=1S/C27H56NO3P/c1-6-8-9-10-11-12-13-14-15-16-17-18-19-20-21-22-23-24-26-31-32(29,30)27(25-7-2)28(3,4)5/h18-19,27H,6-17,20-26H2,1-5H3/p+1. The Morgan fingerprint density at radius 1 is 0.719 bits per heavy atom. The Morgan fingerprint density at radius 2 is 1.16 bits per heavy atom. The SMILES string of the molecule is CCCCCCCCCCCCC=CCCCCCCOP(=O)(O)C(CCC)[N+](C)(C)C. The third-order valence-electron chi connectivity index (χ3n) is 6.25. The molecule has 0 spiro atoms. The van der Waals surface area contributed by atoms with Crippen molar-refractivity contribution < 1.29 is 18.5 Å². The summed E-state index contributed by atoms with van der Waals surface area (Å²) in [6.07, 6.45) is 26.9. The van der Waals surface area contributed by atoms with Crippen LogP contribution in [-0.2, 0) is 9.09 Å². The summed E-state index contributed by atoms with van der Waals surface area (Å²) in [6, 6.07) is 0. The molecule has 0 radical (unpaired) electrons. The van der Waals surface area contributed by atoms with Crippen LogP contribution in [0.3, 0.4) is 0 Å². The van der Waals surface area contributed by atoms with E-state index in [-0.39, 0.29) is 5.78 Å². The molecular weight excluding hydrogens is 417 g/mol. The van der Waals surface area contributed by atoms with E-state index in [0.29, 0.717) is 17.5 Å². The smallest absolute Gasteiger partial charge is 0.320 e. The van der Waals surface area contributed by atoms with Crippen LogP contribution in [0.5, 0.6) is 0 Å². The van der Waals surface area contributed by atoms with Crippen LogP contribution in [0.4, 0.5) is 0 Å². The van der Waals surface area contributed by atoms with Crippen molar-refractivity contribution in [2.45, 2.75) is 135 Å². The summed E-state index contributed by atoms with van der Waals surface area (Å²) in [7, 11) is 2.33. The summed E-state index contributed by atoms with van der Waals surface area (Å²) >= 11 is 0. The number of hydrogen-bond acceptors (Lipinski definition) is 2. The molecule has 0 aromatic heterocycles. The highest BCUT2D eigenvalue weighted by molar-refractivity contribution is 7.53. The Labute approximate surface area is 201 Å². The molecule has 5 heteroatoms. The molecule has 0 saturated heterocycles. The second-order valence-corrected chi connectivity index (χ2v) is 12.4. The summed E-state index contributed by atoms with van der Waals surface area (Å²) in [4.78, 5) is 10.4. The van der Waals surface area contributed by atoms with Crippen LogP contribution < -0.4 is 0 Å². The fourth-order valence-corrected chi connectivity index (χ4v) is 6.25. The van der Waals surface area contributed by atoms with Crippen molar-refractivity contribution >= 4 is 7.60 Å². The van der Waals surface area contributed by atoms with Crippen molar-refractivity contribution in [2.24, 2.45) is 0 Å². The monoisotopic (exact) mass is 474 g/mol. The first-order valence-corrected chi connectivity index (χ1v) is 15.3.